The van der Waals surface area contributed by atoms with Crippen LogP contribution in [0.15, 0.2) is 69.2 Å². The molecule has 1 aromatic rings. The Labute approximate surface area is 182 Å². The highest BCUT2D eigenvalue weighted by molar-refractivity contribution is 6.43. The average Bonchev–Trinajstić information content (AvgIpc) is 3.40. The van der Waals surface area contributed by atoms with Gasteiger partial charge in [0, 0.05) is 17.3 Å². The van der Waals surface area contributed by atoms with Crippen molar-refractivity contribution in [1.29, 1.82) is 5.41 Å². The lowest BCUT2D eigenvalue weighted by atomic mass is 10.1. The van der Waals surface area contributed by atoms with Crippen LogP contribution in [0, 0.1) is 11.2 Å². The van der Waals surface area contributed by atoms with Crippen molar-refractivity contribution in [2.24, 2.45) is 4.99 Å². The predicted molar refractivity (Wildman–Crippen MR) is 114 cm³/mol. The molecule has 0 saturated carbocycles. The average molecular weight is 444 g/mol. The fourth-order valence-corrected chi connectivity index (χ4v) is 3.34. The standard InChI is InChI=1S/C21H19ClFN5O3/c1-10-19(22)11(2)26-20(25-10)14-6-28(7-15(14)24)21(30)13-4-3-12(23)5-18(13)31-9-17-16(8-29)27-17/h3-5,8-9,24-25,27,29H,6-7H2,1-2H3/b16-8-,17-9+,20-14+,24-15?. The molecule has 3 aliphatic rings. The molecular formula is C21H19ClFN5O3. The minimum atomic E-state index is -0.557. The highest BCUT2D eigenvalue weighted by atomic mass is 35.5. The maximum Gasteiger partial charge on any atom is 0.258 e. The van der Waals surface area contributed by atoms with E-state index in [1.54, 1.807) is 6.92 Å². The minimum Gasteiger partial charge on any atom is -0.513 e. The monoisotopic (exact) mass is 443 g/mol. The van der Waals surface area contributed by atoms with Crippen molar-refractivity contribution < 1.29 is 19.0 Å². The number of benzene rings is 1. The molecule has 0 radical (unpaired) electrons. The lowest BCUT2D eigenvalue weighted by Gasteiger charge is -2.19. The zero-order valence-electron chi connectivity index (χ0n) is 16.7. The summed E-state index contributed by atoms with van der Waals surface area (Å²) < 4.78 is 19.3. The van der Waals surface area contributed by atoms with Gasteiger partial charge in [0.05, 0.1) is 35.1 Å². The SMILES string of the molecule is CC1=N/C(=C2\CN(C(=O)c3ccc(F)cc3O/C=C3/N/C3=C\O)CC2=N)NC(C)=C1Cl. The number of aliphatic imine (C=N–C) groups is 1. The van der Waals surface area contributed by atoms with Gasteiger partial charge in [-0.2, -0.15) is 0 Å². The van der Waals surface area contributed by atoms with E-state index < -0.39 is 11.7 Å². The number of carbonyl (C=O) groups excluding carboxylic acids is 1. The topological polar surface area (TPSA) is 120 Å². The summed E-state index contributed by atoms with van der Waals surface area (Å²) in [5.41, 5.74) is 3.36. The van der Waals surface area contributed by atoms with Crippen molar-refractivity contribution in [3.05, 3.63) is 75.6 Å². The van der Waals surface area contributed by atoms with Crippen LogP contribution in [0.2, 0.25) is 0 Å². The molecule has 1 aromatic carbocycles. The lowest BCUT2D eigenvalue weighted by Crippen LogP contribution is -2.29. The number of hydrogen-bond donors (Lipinski definition) is 4. The second kappa shape index (κ2) is 7.92. The Balaban J connectivity index is 1.58. The second-order valence-electron chi connectivity index (χ2n) is 7.19. The van der Waals surface area contributed by atoms with E-state index >= 15 is 0 Å². The van der Waals surface area contributed by atoms with Crippen molar-refractivity contribution >= 4 is 28.9 Å². The Kier molecular flexibility index (Phi) is 5.28. The number of carbonyl (C=O) groups is 1. The van der Waals surface area contributed by atoms with Gasteiger partial charge in [-0.3, -0.25) is 4.79 Å². The molecule has 1 amide bonds. The zero-order valence-corrected chi connectivity index (χ0v) is 17.5. The molecule has 0 unspecified atom stereocenters. The number of halogens is 2. The Morgan fingerprint density at radius 1 is 1.32 bits per heavy atom. The summed E-state index contributed by atoms with van der Waals surface area (Å²) in [4.78, 5) is 19.0. The molecule has 0 aliphatic carbocycles. The zero-order chi connectivity index (χ0) is 22.3. The summed E-state index contributed by atoms with van der Waals surface area (Å²) >= 11 is 6.16. The van der Waals surface area contributed by atoms with Crippen LogP contribution < -0.4 is 15.4 Å². The van der Waals surface area contributed by atoms with Crippen molar-refractivity contribution in [3.63, 3.8) is 0 Å². The molecule has 0 bridgehead atoms. The number of ether oxygens (including phenoxy) is 1. The summed E-state index contributed by atoms with van der Waals surface area (Å²) in [6.45, 7) is 3.84. The summed E-state index contributed by atoms with van der Waals surface area (Å²) in [7, 11) is 0. The van der Waals surface area contributed by atoms with Gasteiger partial charge >= 0.3 is 0 Å². The molecular weight excluding hydrogens is 425 g/mol. The third-order valence-electron chi connectivity index (χ3n) is 4.97. The third kappa shape index (κ3) is 4.04. The molecule has 2 fully saturated rings. The normalized spacial score (nSPS) is 23.2. The number of aliphatic hydroxyl groups is 1. The van der Waals surface area contributed by atoms with Crippen LogP contribution in [-0.2, 0) is 0 Å². The Hall–Kier alpha value is -3.59. The fourth-order valence-electron chi connectivity index (χ4n) is 3.25. The molecule has 31 heavy (non-hydrogen) atoms. The van der Waals surface area contributed by atoms with Gasteiger partial charge in [0.15, 0.2) is 0 Å². The molecule has 8 nitrogen and oxygen atoms in total. The highest BCUT2D eigenvalue weighted by Crippen LogP contribution is 2.28. The maximum absolute atomic E-state index is 13.8. The number of nitrogens with one attached hydrogen (secondary N) is 3. The van der Waals surface area contributed by atoms with E-state index in [0.717, 1.165) is 18.0 Å². The Morgan fingerprint density at radius 2 is 2.10 bits per heavy atom. The van der Waals surface area contributed by atoms with Crippen LogP contribution in [0.25, 0.3) is 0 Å². The van der Waals surface area contributed by atoms with Crippen LogP contribution in [-0.4, -0.2) is 40.4 Å². The first-order valence-electron chi connectivity index (χ1n) is 9.36. The van der Waals surface area contributed by atoms with Gasteiger partial charge in [-0.25, -0.2) is 9.38 Å². The van der Waals surface area contributed by atoms with Gasteiger partial charge in [-0.15, -0.1) is 0 Å². The van der Waals surface area contributed by atoms with E-state index in [4.69, 9.17) is 26.9 Å². The molecule has 4 N–H and O–H groups in total. The number of amides is 1. The first-order chi connectivity index (χ1) is 14.8. The van der Waals surface area contributed by atoms with Crippen LogP contribution in [0.3, 0.4) is 0 Å². The summed E-state index contributed by atoms with van der Waals surface area (Å²) in [6, 6.07) is 3.63. The van der Waals surface area contributed by atoms with Gasteiger partial charge in [-0.1, -0.05) is 11.6 Å². The Morgan fingerprint density at radius 3 is 2.77 bits per heavy atom. The number of hydrogen-bond acceptors (Lipinski definition) is 7. The number of rotatable bonds is 3. The van der Waals surface area contributed by atoms with E-state index in [1.807, 2.05) is 6.92 Å². The first-order valence-corrected chi connectivity index (χ1v) is 9.73. The fraction of sp³-hybridized carbons (Fsp3) is 0.190. The number of allylic oxidation sites excluding steroid dienone is 2. The molecule has 2 saturated heterocycles. The van der Waals surface area contributed by atoms with E-state index in [1.165, 1.54) is 23.3 Å². The predicted octanol–water partition coefficient (Wildman–Crippen LogP) is 3.27. The van der Waals surface area contributed by atoms with Gasteiger partial charge in [0.2, 0.25) is 0 Å². The van der Waals surface area contributed by atoms with Crippen molar-refractivity contribution in [2.45, 2.75) is 13.8 Å². The van der Waals surface area contributed by atoms with E-state index in [9.17, 15) is 9.18 Å². The van der Waals surface area contributed by atoms with E-state index in [-0.39, 0.29) is 30.1 Å². The van der Waals surface area contributed by atoms with Gasteiger partial charge in [-0.05, 0) is 26.0 Å². The van der Waals surface area contributed by atoms with Crippen LogP contribution >= 0.6 is 11.6 Å². The first kappa shape index (κ1) is 20.7. The molecule has 3 aliphatic heterocycles. The van der Waals surface area contributed by atoms with Crippen LogP contribution in [0.1, 0.15) is 24.2 Å². The number of aliphatic hydroxyl groups excluding tert-OH is 1. The third-order valence-corrected chi connectivity index (χ3v) is 5.53. The maximum atomic E-state index is 13.8. The van der Waals surface area contributed by atoms with Gasteiger partial charge < -0.3 is 30.8 Å². The van der Waals surface area contributed by atoms with E-state index in [0.29, 0.717) is 33.5 Å². The van der Waals surface area contributed by atoms with Crippen LogP contribution in [0.5, 0.6) is 5.75 Å². The van der Waals surface area contributed by atoms with Crippen molar-refractivity contribution in [3.8, 4) is 5.75 Å². The number of likely N-dealkylation sites (tertiary alicyclic amines) is 1. The molecule has 10 heteroatoms. The Bertz CT molecular complexity index is 1170. The number of nitrogens with zero attached hydrogens (tertiary/aromatic N) is 2. The second-order valence-corrected chi connectivity index (χ2v) is 7.56. The molecule has 160 valence electrons. The quantitative estimate of drug-likeness (QED) is 0.422. The molecule has 3 heterocycles. The van der Waals surface area contributed by atoms with Crippen molar-refractivity contribution in [2.75, 3.05) is 13.1 Å². The van der Waals surface area contributed by atoms with Gasteiger partial charge in [0.25, 0.3) is 5.91 Å². The van der Waals surface area contributed by atoms with Crippen LogP contribution in [0.4, 0.5) is 4.39 Å². The molecule has 0 atom stereocenters. The summed E-state index contributed by atoms with van der Waals surface area (Å²) in [6.07, 6.45) is 2.17. The van der Waals surface area contributed by atoms with Crippen molar-refractivity contribution in [1.82, 2.24) is 15.5 Å². The molecule has 0 aromatic heterocycles. The molecule has 4 rings (SSSR count). The lowest BCUT2D eigenvalue weighted by molar-refractivity contribution is 0.0801. The smallest absolute Gasteiger partial charge is 0.258 e. The summed E-state index contributed by atoms with van der Waals surface area (Å²) in [5.74, 6) is -0.439. The highest BCUT2D eigenvalue weighted by Gasteiger charge is 2.32. The van der Waals surface area contributed by atoms with Gasteiger partial charge in [0.1, 0.15) is 41.3 Å². The largest absolute Gasteiger partial charge is 0.513 e. The molecule has 0 spiro atoms. The van der Waals surface area contributed by atoms with E-state index in [2.05, 4.69) is 15.6 Å². The minimum absolute atomic E-state index is 0.0336. The summed E-state index contributed by atoms with van der Waals surface area (Å²) in [5, 5.41) is 23.6.